The number of ether oxygens (including phenoxy) is 1. The summed E-state index contributed by atoms with van der Waals surface area (Å²) < 4.78 is 11.1. The Bertz CT molecular complexity index is 1410. The molecule has 3 aromatic carbocycles. The van der Waals surface area contributed by atoms with Gasteiger partial charge in [-0.1, -0.05) is 53.7 Å². The van der Waals surface area contributed by atoms with Crippen molar-refractivity contribution in [2.75, 3.05) is 7.11 Å². The minimum Gasteiger partial charge on any atom is -0.497 e. The molecule has 5 aromatic rings. The SMILES string of the molecule is COc1ccc(CN2Cc3[nH]cnc3CC2c2nc(-c3ccc4ccccc4c3)no2)cc1. The van der Waals surface area contributed by atoms with Gasteiger partial charge in [0.2, 0.25) is 11.7 Å². The molecule has 3 heterocycles. The first kappa shape index (κ1) is 19.7. The van der Waals surface area contributed by atoms with Gasteiger partial charge in [-0.05, 0) is 34.5 Å². The van der Waals surface area contributed by atoms with E-state index in [1.165, 1.54) is 10.9 Å². The van der Waals surface area contributed by atoms with Crippen molar-refractivity contribution in [1.82, 2.24) is 25.0 Å². The standard InChI is InChI=1S/C26H23N5O2/c1-32-21-10-6-17(7-11-21)14-31-15-23-22(27-16-28-23)13-24(31)26-29-25(30-33-26)20-9-8-18-4-2-3-5-19(18)12-20/h2-12,16,24H,13-15H2,1H3,(H,27,28). The first-order valence-electron chi connectivity index (χ1n) is 11.0. The van der Waals surface area contributed by atoms with Crippen molar-refractivity contribution >= 4 is 10.8 Å². The fourth-order valence-corrected chi connectivity index (χ4v) is 4.48. The van der Waals surface area contributed by atoms with Gasteiger partial charge < -0.3 is 14.2 Å². The smallest absolute Gasteiger partial charge is 0.244 e. The molecule has 2 aromatic heterocycles. The zero-order valence-corrected chi connectivity index (χ0v) is 18.2. The summed E-state index contributed by atoms with van der Waals surface area (Å²) in [5, 5.41) is 6.66. The molecule has 0 fully saturated rings. The first-order chi connectivity index (χ1) is 16.3. The normalized spacial score (nSPS) is 16.1. The maximum atomic E-state index is 5.81. The van der Waals surface area contributed by atoms with E-state index in [2.05, 4.69) is 56.4 Å². The molecule has 0 radical (unpaired) electrons. The minimum absolute atomic E-state index is 0.0513. The molecule has 1 aliphatic rings. The molecule has 33 heavy (non-hydrogen) atoms. The highest BCUT2D eigenvalue weighted by atomic mass is 16.5. The number of hydrogen-bond acceptors (Lipinski definition) is 6. The third-order valence-electron chi connectivity index (χ3n) is 6.28. The molecule has 1 atom stereocenters. The lowest BCUT2D eigenvalue weighted by atomic mass is 10.0. The number of aromatic amines is 1. The molecule has 0 bridgehead atoms. The van der Waals surface area contributed by atoms with E-state index in [-0.39, 0.29) is 6.04 Å². The van der Waals surface area contributed by atoms with Crippen molar-refractivity contribution in [3.05, 3.63) is 95.9 Å². The molecule has 6 rings (SSSR count). The van der Waals surface area contributed by atoms with Crippen LogP contribution in [-0.4, -0.2) is 32.1 Å². The lowest BCUT2D eigenvalue weighted by Crippen LogP contribution is -2.34. The summed E-state index contributed by atoms with van der Waals surface area (Å²) in [6.45, 7) is 1.49. The fourth-order valence-electron chi connectivity index (χ4n) is 4.48. The average molecular weight is 438 g/mol. The number of rotatable bonds is 5. The molecule has 0 saturated heterocycles. The first-order valence-corrected chi connectivity index (χ1v) is 11.0. The number of H-pyrrole nitrogens is 1. The lowest BCUT2D eigenvalue weighted by molar-refractivity contribution is 0.128. The number of benzene rings is 3. The highest BCUT2D eigenvalue weighted by Crippen LogP contribution is 2.34. The Labute approximate surface area is 191 Å². The van der Waals surface area contributed by atoms with Crippen LogP contribution in [-0.2, 0) is 19.5 Å². The van der Waals surface area contributed by atoms with E-state index in [1.54, 1.807) is 13.4 Å². The van der Waals surface area contributed by atoms with E-state index in [0.717, 1.165) is 41.2 Å². The number of nitrogens with zero attached hydrogens (tertiary/aromatic N) is 4. The molecule has 0 spiro atoms. The van der Waals surface area contributed by atoms with E-state index in [9.17, 15) is 0 Å². The maximum absolute atomic E-state index is 5.81. The second kappa shape index (κ2) is 8.18. The zero-order valence-electron chi connectivity index (χ0n) is 18.2. The molecule has 0 saturated carbocycles. The number of imidazole rings is 1. The van der Waals surface area contributed by atoms with Crippen LogP contribution in [0.5, 0.6) is 5.75 Å². The Morgan fingerprint density at radius 1 is 1.06 bits per heavy atom. The molecule has 7 heteroatoms. The second-order valence-electron chi connectivity index (χ2n) is 8.32. The number of aromatic nitrogens is 4. The Balaban J connectivity index is 1.31. The molecule has 164 valence electrons. The number of hydrogen-bond donors (Lipinski definition) is 1. The summed E-state index contributed by atoms with van der Waals surface area (Å²) in [5.41, 5.74) is 4.32. The fraction of sp³-hybridized carbons (Fsp3) is 0.192. The van der Waals surface area contributed by atoms with Crippen molar-refractivity contribution < 1.29 is 9.26 Å². The van der Waals surface area contributed by atoms with Gasteiger partial charge in [-0.15, -0.1) is 0 Å². The minimum atomic E-state index is -0.0513. The third kappa shape index (κ3) is 3.76. The number of nitrogens with one attached hydrogen (secondary N) is 1. The van der Waals surface area contributed by atoms with Crippen LogP contribution in [0.4, 0.5) is 0 Å². The average Bonchev–Trinajstić information content (AvgIpc) is 3.53. The quantitative estimate of drug-likeness (QED) is 0.420. The van der Waals surface area contributed by atoms with Crippen LogP contribution < -0.4 is 4.74 Å². The molecule has 0 aliphatic carbocycles. The van der Waals surface area contributed by atoms with E-state index < -0.39 is 0 Å². The zero-order chi connectivity index (χ0) is 22.2. The molecule has 1 N–H and O–H groups in total. The van der Waals surface area contributed by atoms with Gasteiger partial charge in [0.25, 0.3) is 0 Å². The Kier molecular flexibility index (Phi) is 4.88. The van der Waals surface area contributed by atoms with E-state index in [4.69, 9.17) is 14.2 Å². The molecule has 0 amide bonds. The van der Waals surface area contributed by atoms with Crippen molar-refractivity contribution in [1.29, 1.82) is 0 Å². The Morgan fingerprint density at radius 3 is 2.76 bits per heavy atom. The van der Waals surface area contributed by atoms with Gasteiger partial charge >= 0.3 is 0 Å². The predicted molar refractivity (Wildman–Crippen MR) is 125 cm³/mol. The Morgan fingerprint density at radius 2 is 1.91 bits per heavy atom. The van der Waals surface area contributed by atoms with Crippen LogP contribution in [0.2, 0.25) is 0 Å². The van der Waals surface area contributed by atoms with Crippen LogP contribution in [0.25, 0.3) is 22.2 Å². The Hall–Kier alpha value is -3.97. The summed E-state index contributed by atoms with van der Waals surface area (Å²) in [7, 11) is 1.68. The summed E-state index contributed by atoms with van der Waals surface area (Å²) in [5.74, 6) is 2.06. The van der Waals surface area contributed by atoms with Gasteiger partial charge in [0.15, 0.2) is 0 Å². The van der Waals surface area contributed by atoms with Gasteiger partial charge in [0.1, 0.15) is 5.75 Å². The summed E-state index contributed by atoms with van der Waals surface area (Å²) >= 11 is 0. The van der Waals surface area contributed by atoms with Crippen LogP contribution in [0.3, 0.4) is 0 Å². The molecule has 1 unspecified atom stereocenters. The summed E-state index contributed by atoms with van der Waals surface area (Å²) in [6.07, 6.45) is 2.47. The van der Waals surface area contributed by atoms with Crippen LogP contribution in [0.15, 0.2) is 77.6 Å². The van der Waals surface area contributed by atoms with Gasteiger partial charge in [-0.3, -0.25) is 4.90 Å². The van der Waals surface area contributed by atoms with Crippen LogP contribution in [0.1, 0.15) is 28.9 Å². The monoisotopic (exact) mass is 437 g/mol. The molecule has 1 aliphatic heterocycles. The molecular formula is C26H23N5O2. The van der Waals surface area contributed by atoms with Gasteiger partial charge in [0, 0.05) is 25.1 Å². The van der Waals surface area contributed by atoms with Crippen molar-refractivity contribution in [2.24, 2.45) is 0 Å². The second-order valence-corrected chi connectivity index (χ2v) is 8.32. The maximum Gasteiger partial charge on any atom is 0.244 e. The highest BCUT2D eigenvalue weighted by molar-refractivity contribution is 5.86. The van der Waals surface area contributed by atoms with Crippen molar-refractivity contribution in [3.8, 4) is 17.1 Å². The predicted octanol–water partition coefficient (Wildman–Crippen LogP) is 4.92. The number of fused-ring (bicyclic) bond motifs is 2. The van der Waals surface area contributed by atoms with Crippen molar-refractivity contribution in [2.45, 2.75) is 25.6 Å². The lowest BCUT2D eigenvalue weighted by Gasteiger charge is -2.32. The third-order valence-corrected chi connectivity index (χ3v) is 6.28. The number of methoxy groups -OCH3 is 1. The molecular weight excluding hydrogens is 414 g/mol. The van der Waals surface area contributed by atoms with E-state index >= 15 is 0 Å². The van der Waals surface area contributed by atoms with Gasteiger partial charge in [-0.2, -0.15) is 4.98 Å². The highest BCUT2D eigenvalue weighted by Gasteiger charge is 2.33. The van der Waals surface area contributed by atoms with E-state index in [0.29, 0.717) is 18.1 Å². The van der Waals surface area contributed by atoms with Crippen LogP contribution >= 0.6 is 0 Å². The topological polar surface area (TPSA) is 80.1 Å². The van der Waals surface area contributed by atoms with Crippen LogP contribution in [0, 0.1) is 0 Å². The largest absolute Gasteiger partial charge is 0.497 e. The summed E-state index contributed by atoms with van der Waals surface area (Å²) in [6, 6.07) is 22.6. The van der Waals surface area contributed by atoms with Gasteiger partial charge in [0.05, 0.1) is 30.9 Å². The summed E-state index contributed by atoms with van der Waals surface area (Å²) in [4.78, 5) is 14.9. The molecule has 7 nitrogen and oxygen atoms in total. The van der Waals surface area contributed by atoms with Crippen molar-refractivity contribution in [3.63, 3.8) is 0 Å². The van der Waals surface area contributed by atoms with E-state index in [1.807, 2.05) is 30.3 Å². The van der Waals surface area contributed by atoms with Gasteiger partial charge in [-0.25, -0.2) is 4.98 Å².